The fourth-order valence-electron chi connectivity index (χ4n) is 4.25. The normalized spacial score (nSPS) is 13.9. The lowest BCUT2D eigenvalue weighted by atomic mass is 9.90. The van der Waals surface area contributed by atoms with Crippen molar-refractivity contribution >= 4 is 34.8 Å². The van der Waals surface area contributed by atoms with Crippen molar-refractivity contribution in [2.45, 2.75) is 39.5 Å². The van der Waals surface area contributed by atoms with E-state index in [-0.39, 0.29) is 23.7 Å². The van der Waals surface area contributed by atoms with Crippen LogP contribution < -0.4 is 15.4 Å². The first-order valence-electron chi connectivity index (χ1n) is 11.5. The van der Waals surface area contributed by atoms with Crippen molar-refractivity contribution in [3.05, 3.63) is 88.5 Å². The average Bonchev–Trinajstić information content (AvgIpc) is 3.12. The van der Waals surface area contributed by atoms with E-state index in [4.69, 9.17) is 4.74 Å². The number of benzene rings is 3. The summed E-state index contributed by atoms with van der Waals surface area (Å²) in [6, 6.07) is 18.7. The van der Waals surface area contributed by atoms with Gasteiger partial charge in [-0.05, 0) is 71.0 Å². The van der Waals surface area contributed by atoms with Crippen LogP contribution in [0.4, 0.5) is 11.4 Å². The number of ether oxygens (including phenoxy) is 1. The van der Waals surface area contributed by atoms with Crippen LogP contribution in [0.25, 0.3) is 11.6 Å². The molecule has 174 valence electrons. The minimum absolute atomic E-state index is 0.158. The van der Waals surface area contributed by atoms with Crippen LogP contribution >= 0.6 is 0 Å². The average molecular weight is 455 g/mol. The third-order valence-electron chi connectivity index (χ3n) is 6.02. The molecule has 0 bridgehead atoms. The van der Waals surface area contributed by atoms with Gasteiger partial charge >= 0.3 is 0 Å². The zero-order chi connectivity index (χ0) is 24.4. The molecule has 2 amide bonds. The molecule has 5 nitrogen and oxygen atoms in total. The zero-order valence-corrected chi connectivity index (χ0v) is 20.2. The maximum atomic E-state index is 12.9. The minimum atomic E-state index is -0.193. The smallest absolute Gasteiger partial charge is 0.256 e. The topological polar surface area (TPSA) is 67.4 Å². The summed E-state index contributed by atoms with van der Waals surface area (Å²) in [6.45, 7) is 8.56. The Morgan fingerprint density at radius 3 is 2.18 bits per heavy atom. The summed E-state index contributed by atoms with van der Waals surface area (Å²) < 4.78 is 5.74. The molecule has 0 unspecified atom stereocenters. The molecule has 0 radical (unpaired) electrons. The summed E-state index contributed by atoms with van der Waals surface area (Å²) in [7, 11) is 1.71. The van der Waals surface area contributed by atoms with E-state index in [1.165, 1.54) is 0 Å². The summed E-state index contributed by atoms with van der Waals surface area (Å²) in [6.07, 6.45) is 1.93. The Kier molecular flexibility index (Phi) is 6.55. The molecule has 34 heavy (non-hydrogen) atoms. The highest BCUT2D eigenvalue weighted by atomic mass is 16.5. The molecule has 1 heterocycles. The third-order valence-corrected chi connectivity index (χ3v) is 6.02. The lowest BCUT2D eigenvalue weighted by Crippen LogP contribution is -2.11. The van der Waals surface area contributed by atoms with Crippen LogP contribution in [0.2, 0.25) is 0 Å². The molecule has 5 heteroatoms. The molecule has 0 aliphatic carbocycles. The Hall–Kier alpha value is -3.86. The van der Waals surface area contributed by atoms with E-state index in [0.29, 0.717) is 22.5 Å². The van der Waals surface area contributed by atoms with Crippen molar-refractivity contribution in [1.29, 1.82) is 0 Å². The molecular formula is C29H30N2O3. The fraction of sp³-hybridized carbons (Fsp3) is 0.241. The second-order valence-corrected chi connectivity index (χ2v) is 9.13. The van der Waals surface area contributed by atoms with E-state index in [0.717, 1.165) is 28.0 Å². The van der Waals surface area contributed by atoms with E-state index in [1.807, 2.05) is 36.4 Å². The number of carbonyl (C=O) groups excluding carboxylic acids is 2. The summed E-state index contributed by atoms with van der Waals surface area (Å²) >= 11 is 0. The van der Waals surface area contributed by atoms with Crippen LogP contribution in [0.3, 0.4) is 0 Å². The van der Waals surface area contributed by atoms with Gasteiger partial charge in [0.2, 0.25) is 0 Å². The number of nitrogens with one attached hydrogen (secondary N) is 2. The second-order valence-electron chi connectivity index (χ2n) is 9.13. The molecule has 3 aromatic carbocycles. The van der Waals surface area contributed by atoms with Gasteiger partial charge in [-0.25, -0.2) is 0 Å². The lowest BCUT2D eigenvalue weighted by molar-refractivity contribution is -0.110. The second kappa shape index (κ2) is 9.56. The first-order chi connectivity index (χ1) is 16.3. The molecule has 3 aromatic rings. The van der Waals surface area contributed by atoms with Crippen molar-refractivity contribution in [3.8, 4) is 5.75 Å². The summed E-state index contributed by atoms with van der Waals surface area (Å²) in [5, 5.41) is 5.83. The molecule has 0 atom stereocenters. The number of anilines is 2. The first-order valence-corrected chi connectivity index (χ1v) is 11.5. The van der Waals surface area contributed by atoms with Crippen molar-refractivity contribution in [1.82, 2.24) is 0 Å². The van der Waals surface area contributed by atoms with Crippen LogP contribution in [0, 0.1) is 0 Å². The predicted octanol–water partition coefficient (Wildman–Crippen LogP) is 6.69. The van der Waals surface area contributed by atoms with Crippen molar-refractivity contribution in [2.24, 2.45) is 0 Å². The molecule has 0 saturated carbocycles. The number of rotatable bonds is 6. The van der Waals surface area contributed by atoms with Crippen LogP contribution in [-0.4, -0.2) is 18.9 Å². The Morgan fingerprint density at radius 1 is 0.941 bits per heavy atom. The molecule has 0 fully saturated rings. The molecule has 0 aromatic heterocycles. The largest absolute Gasteiger partial charge is 0.496 e. The van der Waals surface area contributed by atoms with Gasteiger partial charge in [0.05, 0.1) is 12.8 Å². The number of fused-ring (bicyclic) bond motifs is 1. The lowest BCUT2D eigenvalue weighted by Gasteiger charge is -2.19. The number of carbonyl (C=O) groups is 2. The van der Waals surface area contributed by atoms with Crippen molar-refractivity contribution < 1.29 is 14.3 Å². The van der Waals surface area contributed by atoms with Gasteiger partial charge in [-0.3, -0.25) is 9.59 Å². The monoisotopic (exact) mass is 454 g/mol. The molecule has 0 spiro atoms. The van der Waals surface area contributed by atoms with Gasteiger partial charge in [-0.2, -0.15) is 0 Å². The van der Waals surface area contributed by atoms with Crippen molar-refractivity contribution in [2.75, 3.05) is 17.7 Å². The predicted molar refractivity (Wildman–Crippen MR) is 139 cm³/mol. The van der Waals surface area contributed by atoms with Crippen LogP contribution in [0.5, 0.6) is 5.75 Å². The molecule has 0 saturated heterocycles. The number of hydrogen-bond acceptors (Lipinski definition) is 3. The summed E-state index contributed by atoms with van der Waals surface area (Å²) in [5.74, 6) is 1.13. The molecule has 2 N–H and O–H groups in total. The van der Waals surface area contributed by atoms with Gasteiger partial charge < -0.3 is 15.4 Å². The highest BCUT2D eigenvalue weighted by molar-refractivity contribution is 6.35. The Balaban J connectivity index is 1.68. The Bertz CT molecular complexity index is 1240. The maximum Gasteiger partial charge on any atom is 0.256 e. The molecule has 1 aliphatic heterocycles. The highest BCUT2D eigenvalue weighted by Gasteiger charge is 2.25. The van der Waals surface area contributed by atoms with E-state index in [9.17, 15) is 9.59 Å². The van der Waals surface area contributed by atoms with Crippen LogP contribution in [-0.2, 0) is 4.79 Å². The fourth-order valence-corrected chi connectivity index (χ4v) is 4.25. The van der Waals surface area contributed by atoms with Gasteiger partial charge in [0.1, 0.15) is 5.75 Å². The Labute approximate surface area is 200 Å². The van der Waals surface area contributed by atoms with E-state index < -0.39 is 0 Å². The number of hydrogen-bond donors (Lipinski definition) is 2. The zero-order valence-electron chi connectivity index (χ0n) is 20.2. The molecule has 4 rings (SSSR count). The van der Waals surface area contributed by atoms with Gasteiger partial charge in [0, 0.05) is 22.4 Å². The number of amides is 2. The highest BCUT2D eigenvalue weighted by Crippen LogP contribution is 2.39. The SMILES string of the molecule is COc1c(C(C)C)cc(/C=C2/C(=O)Nc3cc(NC(=O)c4ccccc4)ccc32)cc1C(C)C. The summed E-state index contributed by atoms with van der Waals surface area (Å²) in [5.41, 5.74) is 6.52. The van der Waals surface area contributed by atoms with Gasteiger partial charge in [-0.15, -0.1) is 0 Å². The van der Waals surface area contributed by atoms with E-state index in [1.54, 1.807) is 25.3 Å². The van der Waals surface area contributed by atoms with Crippen LogP contribution in [0.15, 0.2) is 60.7 Å². The first kappa shape index (κ1) is 23.3. The van der Waals surface area contributed by atoms with Crippen molar-refractivity contribution in [3.63, 3.8) is 0 Å². The third kappa shape index (κ3) is 4.60. The summed E-state index contributed by atoms with van der Waals surface area (Å²) in [4.78, 5) is 25.3. The van der Waals surface area contributed by atoms with Gasteiger partial charge in [0.25, 0.3) is 11.8 Å². The van der Waals surface area contributed by atoms with E-state index >= 15 is 0 Å². The quantitative estimate of drug-likeness (QED) is 0.408. The molecule has 1 aliphatic rings. The van der Waals surface area contributed by atoms with Gasteiger partial charge in [0.15, 0.2) is 0 Å². The van der Waals surface area contributed by atoms with E-state index in [2.05, 4.69) is 50.5 Å². The standard InChI is InChI=1S/C29H30N2O3/c1-17(2)23-13-19(14-24(18(3)4)27(23)34-5)15-25-22-12-11-21(16-26(22)31-29(25)33)30-28(32)20-9-7-6-8-10-20/h6-18H,1-5H3,(H,30,32)(H,31,33)/b25-15+. The Morgan fingerprint density at radius 2 is 1.59 bits per heavy atom. The number of methoxy groups -OCH3 is 1. The minimum Gasteiger partial charge on any atom is -0.496 e. The molecular weight excluding hydrogens is 424 g/mol. The maximum absolute atomic E-state index is 12.9. The van der Waals surface area contributed by atoms with Crippen LogP contribution in [0.1, 0.15) is 72.1 Å². The van der Waals surface area contributed by atoms with Gasteiger partial charge in [-0.1, -0.05) is 52.0 Å².